The summed E-state index contributed by atoms with van der Waals surface area (Å²) in [5, 5.41) is 71.1. The van der Waals surface area contributed by atoms with Gasteiger partial charge in [0.25, 0.3) is 0 Å². The van der Waals surface area contributed by atoms with Gasteiger partial charge < -0.3 is 54.7 Å². The number of aromatic hydroxyl groups is 4. The minimum absolute atomic E-state index is 0.0709. The van der Waals surface area contributed by atoms with Crippen molar-refractivity contribution in [2.45, 2.75) is 30.7 Å². The van der Waals surface area contributed by atoms with Crippen LogP contribution in [0, 0.1) is 0 Å². The van der Waals surface area contributed by atoms with Gasteiger partial charge in [-0.3, -0.25) is 0 Å². The summed E-state index contributed by atoms with van der Waals surface area (Å²) >= 11 is 0. The number of carbonyl (C=O) groups excluding carboxylic acids is 1. The molecule has 0 amide bonds. The van der Waals surface area contributed by atoms with Gasteiger partial charge in [-0.1, -0.05) is 30.4 Å². The van der Waals surface area contributed by atoms with E-state index in [1.807, 2.05) is 0 Å². The predicted octanol–water partition coefficient (Wildman–Crippen LogP) is 2.13. The van der Waals surface area contributed by atoms with Crippen molar-refractivity contribution in [3.63, 3.8) is 0 Å². The van der Waals surface area contributed by atoms with Crippen molar-refractivity contribution in [2.75, 3.05) is 13.7 Å². The number of ether oxygens (including phenoxy) is 4. The molecule has 5 atom stereocenters. The van der Waals surface area contributed by atoms with Crippen LogP contribution in [0.4, 0.5) is 0 Å². The summed E-state index contributed by atoms with van der Waals surface area (Å²) in [7, 11) is 1.37. The first-order chi connectivity index (χ1) is 20.1. The molecular weight excluding hydrogens is 552 g/mol. The number of hydrogen-bond donors (Lipinski definition) is 7. The van der Waals surface area contributed by atoms with E-state index in [2.05, 4.69) is 0 Å². The van der Waals surface area contributed by atoms with Gasteiger partial charge in [-0.2, -0.15) is 0 Å². The SMILES string of the molecule is COc1cc(/C=C/C(=O)O[C@@H]2[C@@H](O)[C@H](Oc3c(O)cc(O)cc3/C=C/c3ccc(O)cc3)O[C@H](CO)[C@H]2O)ccc1O. The van der Waals surface area contributed by atoms with Crippen molar-refractivity contribution in [1.29, 1.82) is 0 Å². The van der Waals surface area contributed by atoms with Crippen LogP contribution < -0.4 is 9.47 Å². The number of benzene rings is 3. The number of hydrogen-bond acceptors (Lipinski definition) is 12. The Balaban J connectivity index is 1.54. The van der Waals surface area contributed by atoms with Crippen LogP contribution in [0.15, 0.2) is 60.7 Å². The molecule has 0 saturated carbocycles. The van der Waals surface area contributed by atoms with Crippen LogP contribution in [0.1, 0.15) is 16.7 Å². The van der Waals surface area contributed by atoms with Crippen molar-refractivity contribution in [1.82, 2.24) is 0 Å². The zero-order valence-corrected chi connectivity index (χ0v) is 22.3. The predicted molar refractivity (Wildman–Crippen MR) is 149 cm³/mol. The molecule has 0 bridgehead atoms. The fourth-order valence-corrected chi connectivity index (χ4v) is 4.19. The summed E-state index contributed by atoms with van der Waals surface area (Å²) in [5.41, 5.74) is 1.33. The lowest BCUT2D eigenvalue weighted by atomic mass is 9.99. The van der Waals surface area contributed by atoms with Crippen LogP contribution in [0.5, 0.6) is 34.5 Å². The Morgan fingerprint density at radius 3 is 2.26 bits per heavy atom. The number of phenols is 4. The molecule has 12 heteroatoms. The molecule has 0 radical (unpaired) electrons. The molecule has 42 heavy (non-hydrogen) atoms. The quantitative estimate of drug-likeness (QED) is 0.110. The van der Waals surface area contributed by atoms with Gasteiger partial charge in [-0.25, -0.2) is 4.79 Å². The zero-order valence-electron chi connectivity index (χ0n) is 22.3. The van der Waals surface area contributed by atoms with Crippen LogP contribution in [-0.2, 0) is 14.3 Å². The smallest absolute Gasteiger partial charge is 0.331 e. The van der Waals surface area contributed by atoms with Gasteiger partial charge >= 0.3 is 5.97 Å². The van der Waals surface area contributed by atoms with E-state index < -0.39 is 49.0 Å². The topological polar surface area (TPSA) is 196 Å². The largest absolute Gasteiger partial charge is 0.508 e. The standard InChI is InChI=1S/C30H30O12/c1-39-23-12-17(5-10-21(23)34)6-11-25(36)41-29-26(37)24(15-31)40-30(27(29)38)42-28-18(13-20(33)14-22(28)35)7-2-16-3-8-19(32)9-4-16/h2-14,24,26-27,29-35,37-38H,15H2,1H3/b7-2+,11-6+/t24-,26-,27-,29+,30+/m1/s1. The number of methoxy groups -OCH3 is 1. The van der Waals surface area contributed by atoms with Crippen LogP contribution >= 0.6 is 0 Å². The van der Waals surface area contributed by atoms with Gasteiger partial charge in [0.2, 0.25) is 6.29 Å². The van der Waals surface area contributed by atoms with Crippen molar-refractivity contribution in [3.05, 3.63) is 77.4 Å². The maximum Gasteiger partial charge on any atom is 0.331 e. The van der Waals surface area contributed by atoms with E-state index >= 15 is 0 Å². The molecule has 0 aliphatic carbocycles. The van der Waals surface area contributed by atoms with E-state index in [4.69, 9.17) is 18.9 Å². The highest BCUT2D eigenvalue weighted by molar-refractivity contribution is 5.87. The van der Waals surface area contributed by atoms with E-state index in [0.29, 0.717) is 11.1 Å². The molecule has 0 spiro atoms. The molecule has 4 rings (SSSR count). The van der Waals surface area contributed by atoms with Gasteiger partial charge in [0.05, 0.1) is 13.7 Å². The van der Waals surface area contributed by atoms with Crippen molar-refractivity contribution < 1.29 is 59.5 Å². The Labute approximate surface area is 240 Å². The highest BCUT2D eigenvalue weighted by Gasteiger charge is 2.48. The Bertz CT molecular complexity index is 1450. The summed E-state index contributed by atoms with van der Waals surface area (Å²) in [6.07, 6.45) is -2.50. The first kappa shape index (κ1) is 30.2. The summed E-state index contributed by atoms with van der Waals surface area (Å²) < 4.78 is 21.6. The second-order valence-corrected chi connectivity index (χ2v) is 9.30. The van der Waals surface area contributed by atoms with Gasteiger partial charge in [-0.05, 0) is 47.5 Å². The lowest BCUT2D eigenvalue weighted by molar-refractivity contribution is -0.280. The van der Waals surface area contributed by atoms with Crippen LogP contribution in [0.2, 0.25) is 0 Å². The van der Waals surface area contributed by atoms with Crippen LogP contribution in [-0.4, -0.2) is 86.1 Å². The Morgan fingerprint density at radius 1 is 0.857 bits per heavy atom. The normalized spacial score (nSPS) is 22.3. The average molecular weight is 583 g/mol. The molecule has 3 aromatic carbocycles. The number of rotatable bonds is 9. The Kier molecular flexibility index (Phi) is 9.55. The molecule has 1 heterocycles. The minimum Gasteiger partial charge on any atom is -0.508 e. The molecule has 1 fully saturated rings. The summed E-state index contributed by atoms with van der Waals surface area (Å²) in [4.78, 5) is 12.6. The van der Waals surface area contributed by atoms with Crippen LogP contribution in [0.25, 0.3) is 18.2 Å². The number of aliphatic hydroxyl groups excluding tert-OH is 3. The zero-order chi connectivity index (χ0) is 30.4. The van der Waals surface area contributed by atoms with Gasteiger partial charge in [0, 0.05) is 17.7 Å². The third-order valence-corrected chi connectivity index (χ3v) is 6.35. The molecule has 7 N–H and O–H groups in total. The van der Waals surface area contributed by atoms with E-state index in [9.17, 15) is 40.5 Å². The van der Waals surface area contributed by atoms with E-state index in [-0.39, 0.29) is 34.3 Å². The monoisotopic (exact) mass is 582 g/mol. The van der Waals surface area contributed by atoms with E-state index in [1.54, 1.807) is 18.2 Å². The summed E-state index contributed by atoms with van der Waals surface area (Å²) in [6.45, 7) is -0.722. The molecule has 222 valence electrons. The molecule has 0 aromatic heterocycles. The molecule has 0 unspecified atom stereocenters. The second kappa shape index (κ2) is 13.3. The summed E-state index contributed by atoms with van der Waals surface area (Å²) in [5.74, 6) is -1.81. The molecule has 1 aliphatic rings. The average Bonchev–Trinajstić information content (AvgIpc) is 2.97. The highest BCUT2D eigenvalue weighted by atomic mass is 16.7. The van der Waals surface area contributed by atoms with Crippen LogP contribution in [0.3, 0.4) is 0 Å². The van der Waals surface area contributed by atoms with E-state index in [0.717, 1.165) is 12.1 Å². The Morgan fingerprint density at radius 2 is 1.57 bits per heavy atom. The fourth-order valence-electron chi connectivity index (χ4n) is 4.19. The van der Waals surface area contributed by atoms with Crippen molar-refractivity contribution >= 4 is 24.2 Å². The maximum absolute atomic E-state index is 12.6. The van der Waals surface area contributed by atoms with Crippen molar-refractivity contribution in [2.24, 2.45) is 0 Å². The number of esters is 1. The first-order valence-electron chi connectivity index (χ1n) is 12.7. The third-order valence-electron chi connectivity index (χ3n) is 6.35. The molecule has 12 nitrogen and oxygen atoms in total. The first-order valence-corrected chi connectivity index (χ1v) is 12.7. The van der Waals surface area contributed by atoms with E-state index in [1.165, 1.54) is 55.7 Å². The highest BCUT2D eigenvalue weighted by Crippen LogP contribution is 2.38. The lowest BCUT2D eigenvalue weighted by Gasteiger charge is -2.41. The minimum atomic E-state index is -1.78. The number of carbonyl (C=O) groups is 1. The lowest BCUT2D eigenvalue weighted by Crippen LogP contribution is -2.61. The second-order valence-electron chi connectivity index (χ2n) is 9.30. The van der Waals surface area contributed by atoms with Gasteiger partial charge in [0.15, 0.2) is 35.2 Å². The summed E-state index contributed by atoms with van der Waals surface area (Å²) in [6, 6.07) is 12.8. The number of phenolic OH excluding ortho intramolecular Hbond substituents is 4. The fraction of sp³-hybridized carbons (Fsp3) is 0.233. The van der Waals surface area contributed by atoms with Crippen molar-refractivity contribution in [3.8, 4) is 34.5 Å². The molecule has 1 aliphatic heterocycles. The number of aliphatic hydroxyl groups is 3. The van der Waals surface area contributed by atoms with Gasteiger partial charge in [-0.15, -0.1) is 0 Å². The maximum atomic E-state index is 12.6. The third kappa shape index (κ3) is 7.11. The molecule has 1 saturated heterocycles. The molecular formula is C30H30O12. The Hall–Kier alpha value is -4.75. The molecule has 3 aromatic rings. The van der Waals surface area contributed by atoms with Gasteiger partial charge in [0.1, 0.15) is 23.7 Å².